The highest BCUT2D eigenvalue weighted by Crippen LogP contribution is 2.25. The molecule has 1 aliphatic rings. The standard InChI is InChI=1S/C13H15ClINO/c1-8-2-4-10(6-8)16-13(17)11-7-9(14)3-5-12(11)15/h3,5,7-8,10H,2,4,6H2,1H3,(H,16,17). The van der Waals surface area contributed by atoms with Crippen LogP contribution in [0.4, 0.5) is 0 Å². The first kappa shape index (κ1) is 13.1. The average Bonchev–Trinajstić information content (AvgIpc) is 2.67. The monoisotopic (exact) mass is 363 g/mol. The van der Waals surface area contributed by atoms with Crippen LogP contribution in [-0.2, 0) is 0 Å². The van der Waals surface area contributed by atoms with E-state index in [1.807, 2.05) is 6.07 Å². The zero-order valence-corrected chi connectivity index (χ0v) is 12.6. The first-order valence-corrected chi connectivity index (χ1v) is 7.28. The smallest absolute Gasteiger partial charge is 0.252 e. The van der Waals surface area contributed by atoms with Crippen molar-refractivity contribution in [3.63, 3.8) is 0 Å². The van der Waals surface area contributed by atoms with E-state index in [0.717, 1.165) is 22.3 Å². The molecule has 2 nitrogen and oxygen atoms in total. The molecule has 17 heavy (non-hydrogen) atoms. The fourth-order valence-corrected chi connectivity index (χ4v) is 3.03. The number of carbonyl (C=O) groups excluding carboxylic acids is 1. The summed E-state index contributed by atoms with van der Waals surface area (Å²) in [6, 6.07) is 5.73. The molecule has 92 valence electrons. The van der Waals surface area contributed by atoms with Gasteiger partial charge in [-0.25, -0.2) is 0 Å². The van der Waals surface area contributed by atoms with Crippen molar-refractivity contribution >= 4 is 40.1 Å². The third kappa shape index (κ3) is 3.35. The van der Waals surface area contributed by atoms with Crippen LogP contribution in [0.15, 0.2) is 18.2 Å². The fraction of sp³-hybridized carbons (Fsp3) is 0.462. The van der Waals surface area contributed by atoms with E-state index >= 15 is 0 Å². The molecule has 0 aromatic heterocycles. The molecular formula is C13H15ClINO. The lowest BCUT2D eigenvalue weighted by Gasteiger charge is -2.13. The molecule has 0 spiro atoms. The first-order valence-electron chi connectivity index (χ1n) is 5.82. The van der Waals surface area contributed by atoms with Gasteiger partial charge in [-0.1, -0.05) is 18.5 Å². The maximum absolute atomic E-state index is 12.1. The number of hydrogen-bond acceptors (Lipinski definition) is 1. The number of hydrogen-bond donors (Lipinski definition) is 1. The summed E-state index contributed by atoms with van der Waals surface area (Å²) in [6.07, 6.45) is 3.38. The number of amides is 1. The second-order valence-electron chi connectivity index (χ2n) is 4.71. The van der Waals surface area contributed by atoms with Crippen LogP contribution >= 0.6 is 34.2 Å². The molecule has 2 atom stereocenters. The molecule has 0 aliphatic heterocycles. The highest BCUT2D eigenvalue weighted by Gasteiger charge is 2.23. The highest BCUT2D eigenvalue weighted by molar-refractivity contribution is 14.1. The molecule has 1 aromatic rings. The fourth-order valence-electron chi connectivity index (χ4n) is 2.27. The van der Waals surface area contributed by atoms with Gasteiger partial charge in [0.2, 0.25) is 0 Å². The SMILES string of the molecule is CC1CCC(NC(=O)c2cc(Cl)ccc2I)C1. The number of benzene rings is 1. The molecule has 1 aromatic carbocycles. The molecular weight excluding hydrogens is 349 g/mol. The summed E-state index contributed by atoms with van der Waals surface area (Å²) in [7, 11) is 0. The van der Waals surface area contributed by atoms with Gasteiger partial charge >= 0.3 is 0 Å². The maximum atomic E-state index is 12.1. The minimum atomic E-state index is -0.00370. The van der Waals surface area contributed by atoms with Gasteiger partial charge in [0.1, 0.15) is 0 Å². The van der Waals surface area contributed by atoms with Gasteiger partial charge in [0, 0.05) is 14.6 Å². The van der Waals surface area contributed by atoms with Gasteiger partial charge in [-0.3, -0.25) is 4.79 Å². The third-order valence-electron chi connectivity index (χ3n) is 3.20. The summed E-state index contributed by atoms with van der Waals surface area (Å²) < 4.78 is 0.940. The molecule has 2 rings (SSSR count). The second kappa shape index (κ2) is 5.57. The highest BCUT2D eigenvalue weighted by atomic mass is 127. The lowest BCUT2D eigenvalue weighted by molar-refractivity contribution is 0.0936. The van der Waals surface area contributed by atoms with E-state index in [1.54, 1.807) is 12.1 Å². The molecule has 0 radical (unpaired) electrons. The van der Waals surface area contributed by atoms with Gasteiger partial charge in [0.05, 0.1) is 5.56 Å². The number of rotatable bonds is 2. The Bertz CT molecular complexity index is 435. The Balaban J connectivity index is 2.06. The Kier molecular flexibility index (Phi) is 4.31. The Hall–Kier alpha value is -0.290. The van der Waals surface area contributed by atoms with E-state index in [4.69, 9.17) is 11.6 Å². The Labute approximate surface area is 120 Å². The Morgan fingerprint density at radius 1 is 1.47 bits per heavy atom. The number of halogens is 2. The van der Waals surface area contributed by atoms with Crippen LogP contribution in [0.2, 0.25) is 5.02 Å². The molecule has 0 heterocycles. The van der Waals surface area contributed by atoms with Crippen molar-refractivity contribution in [2.45, 2.75) is 32.2 Å². The Morgan fingerprint density at radius 3 is 2.88 bits per heavy atom. The maximum Gasteiger partial charge on any atom is 0.252 e. The van der Waals surface area contributed by atoms with Crippen LogP contribution in [0.25, 0.3) is 0 Å². The lowest BCUT2D eigenvalue weighted by Crippen LogP contribution is -2.33. The van der Waals surface area contributed by atoms with E-state index in [-0.39, 0.29) is 5.91 Å². The van der Waals surface area contributed by atoms with Crippen molar-refractivity contribution in [3.05, 3.63) is 32.4 Å². The van der Waals surface area contributed by atoms with E-state index in [1.165, 1.54) is 6.42 Å². The Morgan fingerprint density at radius 2 is 2.24 bits per heavy atom. The van der Waals surface area contributed by atoms with E-state index < -0.39 is 0 Å². The third-order valence-corrected chi connectivity index (χ3v) is 4.38. The minimum Gasteiger partial charge on any atom is -0.349 e. The van der Waals surface area contributed by atoms with Gasteiger partial charge in [-0.05, 0) is 66.0 Å². The van der Waals surface area contributed by atoms with Crippen molar-refractivity contribution in [2.24, 2.45) is 5.92 Å². The summed E-state index contributed by atoms with van der Waals surface area (Å²) in [4.78, 5) is 12.1. The van der Waals surface area contributed by atoms with Crippen LogP contribution in [0.3, 0.4) is 0 Å². The molecule has 0 saturated heterocycles. The summed E-state index contributed by atoms with van der Waals surface area (Å²) >= 11 is 8.08. The molecule has 1 N–H and O–H groups in total. The topological polar surface area (TPSA) is 29.1 Å². The molecule has 1 saturated carbocycles. The molecule has 0 bridgehead atoms. The van der Waals surface area contributed by atoms with Crippen molar-refractivity contribution in [3.8, 4) is 0 Å². The van der Waals surface area contributed by atoms with Crippen LogP contribution in [0, 0.1) is 9.49 Å². The average molecular weight is 364 g/mol. The second-order valence-corrected chi connectivity index (χ2v) is 6.31. The van der Waals surface area contributed by atoms with Gasteiger partial charge in [0.15, 0.2) is 0 Å². The predicted molar refractivity (Wildman–Crippen MR) is 78.4 cm³/mol. The van der Waals surface area contributed by atoms with E-state index in [9.17, 15) is 4.79 Å². The quantitative estimate of drug-likeness (QED) is 0.794. The largest absolute Gasteiger partial charge is 0.349 e. The van der Waals surface area contributed by atoms with Crippen molar-refractivity contribution in [1.82, 2.24) is 5.32 Å². The van der Waals surface area contributed by atoms with E-state index in [2.05, 4.69) is 34.8 Å². The summed E-state index contributed by atoms with van der Waals surface area (Å²) in [5, 5.41) is 3.70. The van der Waals surface area contributed by atoms with Crippen LogP contribution in [-0.4, -0.2) is 11.9 Å². The van der Waals surface area contributed by atoms with Crippen LogP contribution in [0.1, 0.15) is 36.5 Å². The van der Waals surface area contributed by atoms with Gasteiger partial charge < -0.3 is 5.32 Å². The molecule has 4 heteroatoms. The number of nitrogens with one attached hydrogen (secondary N) is 1. The van der Waals surface area contributed by atoms with Crippen molar-refractivity contribution in [1.29, 1.82) is 0 Å². The normalized spacial score (nSPS) is 23.7. The van der Waals surface area contributed by atoms with Gasteiger partial charge in [-0.15, -0.1) is 0 Å². The summed E-state index contributed by atoms with van der Waals surface area (Å²) in [5.41, 5.74) is 0.678. The lowest BCUT2D eigenvalue weighted by atomic mass is 10.1. The minimum absolute atomic E-state index is 0.00370. The molecule has 2 unspecified atom stereocenters. The predicted octanol–water partition coefficient (Wildman–Crippen LogP) is 3.86. The zero-order chi connectivity index (χ0) is 12.4. The zero-order valence-electron chi connectivity index (χ0n) is 9.67. The summed E-state index contributed by atoms with van der Waals surface area (Å²) in [5.74, 6) is 0.717. The van der Waals surface area contributed by atoms with Crippen LogP contribution < -0.4 is 5.32 Å². The van der Waals surface area contributed by atoms with Crippen LogP contribution in [0.5, 0.6) is 0 Å². The summed E-state index contributed by atoms with van der Waals surface area (Å²) in [6.45, 7) is 2.23. The first-order chi connectivity index (χ1) is 8.06. The van der Waals surface area contributed by atoms with Crippen molar-refractivity contribution < 1.29 is 4.79 Å². The van der Waals surface area contributed by atoms with Gasteiger partial charge in [-0.2, -0.15) is 0 Å². The van der Waals surface area contributed by atoms with E-state index in [0.29, 0.717) is 16.6 Å². The van der Waals surface area contributed by atoms with Crippen molar-refractivity contribution in [2.75, 3.05) is 0 Å². The van der Waals surface area contributed by atoms with Gasteiger partial charge in [0.25, 0.3) is 5.91 Å². The molecule has 1 aliphatic carbocycles. The molecule has 1 fully saturated rings. The number of carbonyl (C=O) groups is 1. The molecule has 1 amide bonds.